The number of sulfonamides is 1. The van der Waals surface area contributed by atoms with E-state index >= 15 is 0 Å². The molecule has 1 N–H and O–H groups in total. The molecule has 156 valence electrons. The first-order chi connectivity index (χ1) is 14.4. The smallest absolute Gasteiger partial charge is 0.261 e. The molecular weight excluding hydrogens is 402 g/mol. The van der Waals surface area contributed by atoms with Crippen molar-refractivity contribution in [2.75, 3.05) is 18.4 Å². The van der Waals surface area contributed by atoms with Gasteiger partial charge in [0.15, 0.2) is 0 Å². The van der Waals surface area contributed by atoms with Gasteiger partial charge in [-0.3, -0.25) is 14.5 Å². The summed E-state index contributed by atoms with van der Waals surface area (Å²) in [6.07, 6.45) is 3.36. The van der Waals surface area contributed by atoms with Crippen LogP contribution in [-0.4, -0.2) is 37.9 Å². The second-order valence-electron chi connectivity index (χ2n) is 6.60. The lowest BCUT2D eigenvalue weighted by Crippen LogP contribution is -2.26. The van der Waals surface area contributed by atoms with Crippen molar-refractivity contribution in [3.8, 4) is 5.75 Å². The summed E-state index contributed by atoms with van der Waals surface area (Å²) >= 11 is 0. The van der Waals surface area contributed by atoms with Gasteiger partial charge in [0, 0.05) is 37.2 Å². The normalized spacial score (nSPS) is 11.0. The molecule has 0 spiro atoms. The summed E-state index contributed by atoms with van der Waals surface area (Å²) in [6.45, 7) is 2.82. The van der Waals surface area contributed by atoms with Crippen LogP contribution in [0.15, 0.2) is 78.0 Å². The highest BCUT2D eigenvalue weighted by Gasteiger charge is 2.16. The first-order valence-corrected chi connectivity index (χ1v) is 10.9. The van der Waals surface area contributed by atoms with E-state index in [1.807, 2.05) is 19.1 Å². The van der Waals surface area contributed by atoms with Crippen LogP contribution in [0.25, 0.3) is 0 Å². The van der Waals surface area contributed by atoms with Gasteiger partial charge in [0.05, 0.1) is 11.5 Å². The zero-order valence-corrected chi connectivity index (χ0v) is 17.6. The number of nitrogens with one attached hydrogen (secondary N) is 1. The van der Waals surface area contributed by atoms with Gasteiger partial charge in [-0.2, -0.15) is 0 Å². The number of carbonyl (C=O) groups excluding carboxylic acids is 1. The molecule has 0 saturated heterocycles. The van der Waals surface area contributed by atoms with E-state index in [1.54, 1.807) is 60.7 Å². The maximum Gasteiger partial charge on any atom is 0.261 e. The minimum atomic E-state index is -3.74. The van der Waals surface area contributed by atoms with E-state index in [2.05, 4.69) is 9.71 Å². The number of nitrogens with zero attached hydrogens (tertiary/aromatic N) is 2. The van der Waals surface area contributed by atoms with Crippen LogP contribution in [0, 0.1) is 0 Å². The number of ether oxygens (including phenoxy) is 1. The number of hydrogen-bond donors (Lipinski definition) is 1. The number of benzene rings is 2. The number of carbonyl (C=O) groups is 1. The highest BCUT2D eigenvalue weighted by molar-refractivity contribution is 7.92. The largest absolute Gasteiger partial charge is 0.494 e. The molecule has 7 nitrogen and oxygen atoms in total. The molecule has 0 saturated carbocycles. The molecule has 0 atom stereocenters. The van der Waals surface area contributed by atoms with E-state index < -0.39 is 10.0 Å². The molecule has 0 bridgehead atoms. The number of amides is 1. The van der Waals surface area contributed by atoms with Crippen molar-refractivity contribution in [3.63, 3.8) is 0 Å². The lowest BCUT2D eigenvalue weighted by molar-refractivity contribution is 0.0785. The standard InChI is InChI=1S/C22H23N3O4S/c1-3-29-20-8-10-21(11-9-20)30(27,28)24-19-6-4-18(5-7-19)22(26)25(2)16-17-12-14-23-15-13-17/h4-15,24H,3,16H2,1-2H3. The Morgan fingerprint density at radius 1 is 1.00 bits per heavy atom. The number of hydrogen-bond acceptors (Lipinski definition) is 5. The molecule has 0 aliphatic rings. The molecular formula is C22H23N3O4S. The summed E-state index contributed by atoms with van der Waals surface area (Å²) < 4.78 is 33.0. The number of rotatable bonds is 8. The quantitative estimate of drug-likeness (QED) is 0.596. The van der Waals surface area contributed by atoms with E-state index in [1.165, 1.54) is 12.1 Å². The maximum atomic E-state index is 12.6. The van der Waals surface area contributed by atoms with E-state index in [0.717, 1.165) is 5.56 Å². The summed E-state index contributed by atoms with van der Waals surface area (Å²) in [5, 5.41) is 0. The third-order valence-electron chi connectivity index (χ3n) is 4.34. The molecule has 1 amide bonds. The van der Waals surface area contributed by atoms with Gasteiger partial charge in [0.1, 0.15) is 5.75 Å². The third kappa shape index (κ3) is 5.36. The van der Waals surface area contributed by atoms with Crippen LogP contribution in [0.2, 0.25) is 0 Å². The summed E-state index contributed by atoms with van der Waals surface area (Å²) in [7, 11) is -2.03. The molecule has 8 heteroatoms. The fourth-order valence-electron chi connectivity index (χ4n) is 2.83. The van der Waals surface area contributed by atoms with Crippen LogP contribution in [0.5, 0.6) is 5.75 Å². The zero-order valence-electron chi connectivity index (χ0n) is 16.8. The Bertz CT molecular complexity index is 1080. The van der Waals surface area contributed by atoms with Gasteiger partial charge < -0.3 is 9.64 Å². The topological polar surface area (TPSA) is 88.6 Å². The lowest BCUT2D eigenvalue weighted by atomic mass is 10.1. The SMILES string of the molecule is CCOc1ccc(S(=O)(=O)Nc2ccc(C(=O)N(C)Cc3ccncc3)cc2)cc1. The van der Waals surface area contributed by atoms with Gasteiger partial charge in [0.25, 0.3) is 15.9 Å². The van der Waals surface area contributed by atoms with Crippen LogP contribution >= 0.6 is 0 Å². The van der Waals surface area contributed by atoms with Gasteiger partial charge in [-0.25, -0.2) is 8.42 Å². The van der Waals surface area contributed by atoms with Gasteiger partial charge in [-0.1, -0.05) is 0 Å². The molecule has 1 heterocycles. The highest BCUT2D eigenvalue weighted by atomic mass is 32.2. The van der Waals surface area contributed by atoms with Crippen LogP contribution < -0.4 is 9.46 Å². The molecule has 3 rings (SSSR count). The van der Waals surface area contributed by atoms with Crippen molar-refractivity contribution in [2.24, 2.45) is 0 Å². The Balaban J connectivity index is 1.66. The van der Waals surface area contributed by atoms with E-state index in [0.29, 0.717) is 30.2 Å². The first kappa shape index (κ1) is 21.3. The minimum Gasteiger partial charge on any atom is -0.494 e. The zero-order chi connectivity index (χ0) is 21.6. The van der Waals surface area contributed by atoms with Crippen molar-refractivity contribution < 1.29 is 17.9 Å². The average Bonchev–Trinajstić information content (AvgIpc) is 2.75. The van der Waals surface area contributed by atoms with Crippen LogP contribution in [0.1, 0.15) is 22.8 Å². The van der Waals surface area contributed by atoms with E-state index in [4.69, 9.17) is 4.74 Å². The highest BCUT2D eigenvalue weighted by Crippen LogP contribution is 2.20. The molecule has 0 radical (unpaired) electrons. The van der Waals surface area contributed by atoms with Gasteiger partial charge >= 0.3 is 0 Å². The third-order valence-corrected chi connectivity index (χ3v) is 5.74. The van der Waals surface area contributed by atoms with Crippen molar-refractivity contribution >= 4 is 21.6 Å². The van der Waals surface area contributed by atoms with Gasteiger partial charge in [-0.05, 0) is 73.2 Å². The van der Waals surface area contributed by atoms with Gasteiger partial charge in [0.2, 0.25) is 0 Å². The molecule has 1 aromatic heterocycles. The van der Waals surface area contributed by atoms with Crippen LogP contribution in [0.4, 0.5) is 5.69 Å². The number of aromatic nitrogens is 1. The van der Waals surface area contributed by atoms with Crippen molar-refractivity contribution in [1.29, 1.82) is 0 Å². The minimum absolute atomic E-state index is 0.128. The molecule has 0 aliphatic heterocycles. The average molecular weight is 426 g/mol. The van der Waals surface area contributed by atoms with E-state index in [-0.39, 0.29) is 10.8 Å². The number of pyridine rings is 1. The summed E-state index contributed by atoms with van der Waals surface area (Å²) in [5.41, 5.74) is 1.81. The first-order valence-electron chi connectivity index (χ1n) is 9.39. The van der Waals surface area contributed by atoms with Crippen molar-refractivity contribution in [3.05, 3.63) is 84.2 Å². The van der Waals surface area contributed by atoms with Gasteiger partial charge in [-0.15, -0.1) is 0 Å². The predicted octanol–water partition coefficient (Wildman–Crippen LogP) is 3.55. The second kappa shape index (κ2) is 9.41. The maximum absolute atomic E-state index is 12.6. The molecule has 0 fully saturated rings. The summed E-state index contributed by atoms with van der Waals surface area (Å²) in [6, 6.07) is 16.2. The Kier molecular flexibility index (Phi) is 6.68. The Morgan fingerprint density at radius 2 is 1.63 bits per heavy atom. The van der Waals surface area contributed by atoms with E-state index in [9.17, 15) is 13.2 Å². The predicted molar refractivity (Wildman–Crippen MR) is 115 cm³/mol. The number of anilines is 1. The van der Waals surface area contributed by atoms with Crippen LogP contribution in [0.3, 0.4) is 0 Å². The summed E-state index contributed by atoms with van der Waals surface area (Å²) in [4.78, 5) is 18.3. The molecule has 3 aromatic rings. The fraction of sp³-hybridized carbons (Fsp3) is 0.182. The Hall–Kier alpha value is -3.39. The Labute approximate surface area is 176 Å². The second-order valence-corrected chi connectivity index (χ2v) is 8.29. The molecule has 0 aliphatic carbocycles. The lowest BCUT2D eigenvalue weighted by Gasteiger charge is -2.17. The van der Waals surface area contributed by atoms with Crippen molar-refractivity contribution in [2.45, 2.75) is 18.4 Å². The van der Waals surface area contributed by atoms with Crippen LogP contribution in [-0.2, 0) is 16.6 Å². The summed E-state index contributed by atoms with van der Waals surface area (Å²) in [5.74, 6) is 0.447. The molecule has 30 heavy (non-hydrogen) atoms. The Morgan fingerprint density at radius 3 is 2.23 bits per heavy atom. The monoisotopic (exact) mass is 425 g/mol. The molecule has 0 unspecified atom stereocenters. The molecule has 2 aromatic carbocycles. The van der Waals surface area contributed by atoms with Crippen molar-refractivity contribution in [1.82, 2.24) is 9.88 Å². The fourth-order valence-corrected chi connectivity index (χ4v) is 3.89.